The predicted octanol–water partition coefficient (Wildman–Crippen LogP) is 4.85. The minimum Gasteiger partial charge on any atom is -0.205 e. The average Bonchev–Trinajstić information content (AvgIpc) is 2.28. The molecule has 0 spiro atoms. The highest BCUT2D eigenvalue weighted by Gasteiger charge is 2.19. The van der Waals surface area contributed by atoms with Crippen LogP contribution in [-0.2, 0) is 6.42 Å². The van der Waals surface area contributed by atoms with E-state index in [-0.39, 0.29) is 10.8 Å². The zero-order chi connectivity index (χ0) is 11.5. The summed E-state index contributed by atoms with van der Waals surface area (Å²) in [7, 11) is 0. The van der Waals surface area contributed by atoms with Gasteiger partial charge in [-0.3, -0.25) is 0 Å². The minimum absolute atomic E-state index is 0.220. The van der Waals surface area contributed by atoms with Gasteiger partial charge in [-0.05, 0) is 42.7 Å². The quantitative estimate of drug-likeness (QED) is 0.693. The Morgan fingerprint density at radius 1 is 1.25 bits per heavy atom. The van der Waals surface area contributed by atoms with Crippen molar-refractivity contribution in [3.8, 4) is 0 Å². The molecule has 0 nitrogen and oxygen atoms in total. The first-order chi connectivity index (χ1) is 7.66. The van der Waals surface area contributed by atoms with Gasteiger partial charge in [0.2, 0.25) is 0 Å². The molecule has 16 heavy (non-hydrogen) atoms. The van der Waals surface area contributed by atoms with Crippen molar-refractivity contribution in [3.63, 3.8) is 0 Å². The van der Waals surface area contributed by atoms with Crippen LogP contribution in [0.25, 0.3) is 0 Å². The van der Waals surface area contributed by atoms with Crippen LogP contribution in [0, 0.1) is 17.7 Å². The lowest BCUT2D eigenvalue weighted by atomic mass is 9.80. The molecule has 0 amide bonds. The summed E-state index contributed by atoms with van der Waals surface area (Å²) in [5.74, 6) is 1.27. The van der Waals surface area contributed by atoms with Crippen molar-refractivity contribution in [2.45, 2.75) is 39.0 Å². The van der Waals surface area contributed by atoms with Gasteiger partial charge >= 0.3 is 0 Å². The van der Waals surface area contributed by atoms with Gasteiger partial charge < -0.3 is 0 Å². The highest BCUT2D eigenvalue weighted by Crippen LogP contribution is 2.31. The average molecular weight is 241 g/mol. The third kappa shape index (κ3) is 2.76. The van der Waals surface area contributed by atoms with Gasteiger partial charge in [-0.2, -0.15) is 0 Å². The van der Waals surface area contributed by atoms with E-state index in [1.807, 2.05) is 12.1 Å². The van der Waals surface area contributed by atoms with Crippen LogP contribution in [0.4, 0.5) is 4.39 Å². The smallest absolute Gasteiger partial charge is 0.144 e. The van der Waals surface area contributed by atoms with Gasteiger partial charge in [-0.25, -0.2) is 4.39 Å². The van der Waals surface area contributed by atoms with Crippen molar-refractivity contribution in [1.29, 1.82) is 0 Å². The van der Waals surface area contributed by atoms with Crippen LogP contribution < -0.4 is 0 Å². The molecular formula is C14H18ClF. The standard InChI is InChI=1S/C14H18ClF/c1-10-5-7-11(8-6-10)9-12-3-2-4-13(15)14(12)16/h2-4,10-11H,5-9H2,1H3. The molecule has 0 unspecified atom stereocenters. The van der Waals surface area contributed by atoms with E-state index < -0.39 is 0 Å². The maximum atomic E-state index is 13.7. The number of rotatable bonds is 2. The Morgan fingerprint density at radius 3 is 2.62 bits per heavy atom. The second-order valence-corrected chi connectivity index (χ2v) is 5.45. The summed E-state index contributed by atoms with van der Waals surface area (Å²) in [6, 6.07) is 5.31. The first-order valence-electron chi connectivity index (χ1n) is 6.09. The lowest BCUT2D eigenvalue weighted by molar-refractivity contribution is 0.287. The van der Waals surface area contributed by atoms with Crippen LogP contribution in [0.1, 0.15) is 38.2 Å². The zero-order valence-corrected chi connectivity index (χ0v) is 10.4. The summed E-state index contributed by atoms with van der Waals surface area (Å²) in [5.41, 5.74) is 0.784. The molecule has 1 aliphatic carbocycles. The normalized spacial score (nSPS) is 25.7. The molecule has 0 heterocycles. The van der Waals surface area contributed by atoms with Crippen molar-refractivity contribution < 1.29 is 4.39 Å². The fourth-order valence-corrected chi connectivity index (χ4v) is 2.74. The van der Waals surface area contributed by atoms with E-state index in [1.54, 1.807) is 6.07 Å². The van der Waals surface area contributed by atoms with Gasteiger partial charge in [-0.1, -0.05) is 43.5 Å². The number of benzene rings is 1. The third-order valence-electron chi connectivity index (χ3n) is 3.68. The molecule has 1 fully saturated rings. The molecule has 0 atom stereocenters. The molecule has 0 saturated heterocycles. The SMILES string of the molecule is CC1CCC(Cc2cccc(Cl)c2F)CC1. The number of hydrogen-bond acceptors (Lipinski definition) is 0. The van der Waals surface area contributed by atoms with Crippen LogP contribution >= 0.6 is 11.6 Å². The first-order valence-corrected chi connectivity index (χ1v) is 6.47. The first kappa shape index (κ1) is 11.9. The highest BCUT2D eigenvalue weighted by molar-refractivity contribution is 6.30. The monoisotopic (exact) mass is 240 g/mol. The van der Waals surface area contributed by atoms with E-state index in [4.69, 9.17) is 11.6 Å². The van der Waals surface area contributed by atoms with E-state index in [0.29, 0.717) is 5.92 Å². The Hall–Kier alpha value is -0.560. The van der Waals surface area contributed by atoms with Crippen molar-refractivity contribution in [2.24, 2.45) is 11.8 Å². The van der Waals surface area contributed by atoms with Gasteiger partial charge in [0.15, 0.2) is 0 Å². The van der Waals surface area contributed by atoms with Crippen molar-refractivity contribution in [1.82, 2.24) is 0 Å². The van der Waals surface area contributed by atoms with Crippen molar-refractivity contribution in [3.05, 3.63) is 34.6 Å². The Kier molecular flexibility index (Phi) is 3.86. The lowest BCUT2D eigenvalue weighted by Gasteiger charge is -2.26. The zero-order valence-electron chi connectivity index (χ0n) is 9.68. The topological polar surface area (TPSA) is 0 Å². The molecule has 1 aromatic carbocycles. The molecule has 0 radical (unpaired) electrons. The van der Waals surface area contributed by atoms with E-state index in [9.17, 15) is 4.39 Å². The van der Waals surface area contributed by atoms with Gasteiger partial charge in [-0.15, -0.1) is 0 Å². The third-order valence-corrected chi connectivity index (χ3v) is 3.97. The van der Waals surface area contributed by atoms with Crippen LogP contribution in [0.2, 0.25) is 5.02 Å². The number of hydrogen-bond donors (Lipinski definition) is 0. The van der Waals surface area contributed by atoms with E-state index in [2.05, 4.69) is 6.92 Å². The van der Waals surface area contributed by atoms with Crippen LogP contribution in [-0.4, -0.2) is 0 Å². The van der Waals surface area contributed by atoms with Crippen molar-refractivity contribution >= 4 is 11.6 Å². The lowest BCUT2D eigenvalue weighted by Crippen LogP contribution is -2.15. The Labute approximate surface area is 102 Å². The fourth-order valence-electron chi connectivity index (χ4n) is 2.55. The predicted molar refractivity (Wildman–Crippen MR) is 66.2 cm³/mol. The summed E-state index contributed by atoms with van der Waals surface area (Å²) in [6.07, 6.45) is 5.87. The minimum atomic E-state index is -0.220. The molecule has 1 saturated carbocycles. The fraction of sp³-hybridized carbons (Fsp3) is 0.571. The second kappa shape index (κ2) is 5.18. The Bertz CT molecular complexity index is 354. The maximum Gasteiger partial charge on any atom is 0.144 e. The molecule has 1 aromatic rings. The Balaban J connectivity index is 2.01. The second-order valence-electron chi connectivity index (χ2n) is 5.04. The summed E-state index contributed by atoms with van der Waals surface area (Å²) < 4.78 is 13.7. The van der Waals surface area contributed by atoms with Gasteiger partial charge in [0.1, 0.15) is 5.82 Å². The molecule has 2 rings (SSSR count). The largest absolute Gasteiger partial charge is 0.205 e. The van der Waals surface area contributed by atoms with Crippen molar-refractivity contribution in [2.75, 3.05) is 0 Å². The van der Waals surface area contributed by atoms with Crippen LogP contribution in [0.15, 0.2) is 18.2 Å². The van der Waals surface area contributed by atoms with E-state index in [1.165, 1.54) is 25.7 Å². The van der Waals surface area contributed by atoms with E-state index in [0.717, 1.165) is 17.9 Å². The molecule has 0 bridgehead atoms. The summed E-state index contributed by atoms with van der Waals surface area (Å²) in [4.78, 5) is 0. The maximum absolute atomic E-state index is 13.7. The van der Waals surface area contributed by atoms with E-state index >= 15 is 0 Å². The summed E-state index contributed by atoms with van der Waals surface area (Å²) in [5, 5.41) is 0.252. The van der Waals surface area contributed by atoms with Crippen LogP contribution in [0.3, 0.4) is 0 Å². The molecule has 2 heteroatoms. The highest BCUT2D eigenvalue weighted by atomic mass is 35.5. The molecule has 0 N–H and O–H groups in total. The summed E-state index contributed by atoms with van der Waals surface area (Å²) in [6.45, 7) is 2.30. The van der Waals surface area contributed by atoms with Gasteiger partial charge in [0, 0.05) is 0 Å². The molecule has 88 valence electrons. The number of halogens is 2. The van der Waals surface area contributed by atoms with Gasteiger partial charge in [0.05, 0.1) is 5.02 Å². The van der Waals surface area contributed by atoms with Crippen LogP contribution in [0.5, 0.6) is 0 Å². The molecule has 0 aliphatic heterocycles. The van der Waals surface area contributed by atoms with Gasteiger partial charge in [0.25, 0.3) is 0 Å². The molecule has 1 aliphatic rings. The Morgan fingerprint density at radius 2 is 1.94 bits per heavy atom. The summed E-state index contributed by atoms with van der Waals surface area (Å²) >= 11 is 5.78. The molecular weight excluding hydrogens is 223 g/mol. The molecule has 0 aromatic heterocycles.